The zero-order valence-corrected chi connectivity index (χ0v) is 13.0. The second kappa shape index (κ2) is 9.15. The lowest BCUT2D eigenvalue weighted by Crippen LogP contribution is -2.41. The summed E-state index contributed by atoms with van der Waals surface area (Å²) >= 11 is 1.61. The third-order valence-corrected chi connectivity index (χ3v) is 3.42. The zero-order valence-electron chi connectivity index (χ0n) is 11.4. The molecule has 0 spiro atoms. The molecule has 0 bridgehead atoms. The summed E-state index contributed by atoms with van der Waals surface area (Å²) in [6.07, 6.45) is 2.52. The minimum Gasteiger partial charge on any atom is -0.348 e. The molecule has 0 heterocycles. The molecule has 7 heteroatoms. The number of amides is 1. The first-order chi connectivity index (χ1) is 8.95. The molecule has 0 fully saturated rings. The third kappa shape index (κ3) is 5.64. The van der Waals surface area contributed by atoms with Gasteiger partial charge < -0.3 is 11.1 Å². The van der Waals surface area contributed by atoms with E-state index in [1.54, 1.807) is 18.7 Å². The van der Waals surface area contributed by atoms with Gasteiger partial charge in [-0.2, -0.15) is 11.8 Å². The van der Waals surface area contributed by atoms with Crippen LogP contribution < -0.4 is 11.1 Å². The van der Waals surface area contributed by atoms with Gasteiger partial charge in [0.25, 0.3) is 0 Å². The Labute approximate surface area is 128 Å². The predicted octanol–water partition coefficient (Wildman–Crippen LogP) is 2.64. The van der Waals surface area contributed by atoms with Gasteiger partial charge in [-0.15, -0.1) is 12.4 Å². The Bertz CT molecular complexity index is 448. The Hall–Kier alpha value is -0.850. The van der Waals surface area contributed by atoms with Gasteiger partial charge in [-0.3, -0.25) is 4.79 Å². The number of carbonyl (C=O) groups excluding carboxylic acids is 1. The van der Waals surface area contributed by atoms with Gasteiger partial charge in [0.05, 0.1) is 12.1 Å². The summed E-state index contributed by atoms with van der Waals surface area (Å²) < 4.78 is 25.9. The number of thioether (sulfide) groups is 1. The van der Waals surface area contributed by atoms with Gasteiger partial charge in [0.15, 0.2) is 11.6 Å². The molecule has 0 radical (unpaired) electrons. The summed E-state index contributed by atoms with van der Waals surface area (Å²) in [5.41, 5.74) is 6.23. The van der Waals surface area contributed by atoms with E-state index < -0.39 is 23.7 Å². The van der Waals surface area contributed by atoms with Crippen molar-refractivity contribution in [3.63, 3.8) is 0 Å². The highest BCUT2D eigenvalue weighted by Crippen LogP contribution is 2.16. The van der Waals surface area contributed by atoms with E-state index in [9.17, 15) is 13.6 Å². The van der Waals surface area contributed by atoms with Crippen LogP contribution in [0.1, 0.15) is 24.9 Å². The first kappa shape index (κ1) is 19.1. The number of hydrogen-bond donors (Lipinski definition) is 2. The smallest absolute Gasteiger partial charge is 0.237 e. The minimum absolute atomic E-state index is 0. The molecule has 1 amide bonds. The van der Waals surface area contributed by atoms with Crippen LogP contribution in [0.5, 0.6) is 0 Å². The summed E-state index contributed by atoms with van der Waals surface area (Å²) in [5.74, 6) is -1.32. The molecule has 0 saturated carbocycles. The summed E-state index contributed by atoms with van der Waals surface area (Å²) in [4.78, 5) is 11.8. The highest BCUT2D eigenvalue weighted by molar-refractivity contribution is 7.98. The van der Waals surface area contributed by atoms with Gasteiger partial charge in [0.1, 0.15) is 0 Å². The molecule has 114 valence electrons. The second-order valence-electron chi connectivity index (χ2n) is 4.29. The fourth-order valence-electron chi connectivity index (χ4n) is 1.56. The molecule has 3 nitrogen and oxygen atoms in total. The van der Waals surface area contributed by atoms with Gasteiger partial charge in [-0.1, -0.05) is 6.07 Å². The van der Waals surface area contributed by atoms with Crippen molar-refractivity contribution in [3.8, 4) is 0 Å². The highest BCUT2D eigenvalue weighted by Gasteiger charge is 2.17. The molecule has 1 rings (SSSR count). The molecule has 1 unspecified atom stereocenters. The van der Waals surface area contributed by atoms with Crippen molar-refractivity contribution in [3.05, 3.63) is 35.4 Å². The summed E-state index contributed by atoms with van der Waals surface area (Å²) in [6, 6.07) is 2.56. The number of carbonyl (C=O) groups is 1. The van der Waals surface area contributed by atoms with E-state index in [1.807, 2.05) is 6.26 Å². The molecule has 1 aromatic rings. The minimum atomic E-state index is -0.926. The fourth-order valence-corrected chi connectivity index (χ4v) is 2.05. The van der Waals surface area contributed by atoms with E-state index >= 15 is 0 Å². The van der Waals surface area contributed by atoms with Crippen LogP contribution in [0.3, 0.4) is 0 Å². The zero-order chi connectivity index (χ0) is 14.4. The van der Waals surface area contributed by atoms with Crippen LogP contribution in [-0.2, 0) is 4.79 Å². The number of nitrogens with two attached hydrogens (primary N) is 1. The number of halogens is 3. The summed E-state index contributed by atoms with van der Waals surface area (Å²) in [6.45, 7) is 1.70. The number of rotatable bonds is 6. The van der Waals surface area contributed by atoms with Crippen molar-refractivity contribution < 1.29 is 13.6 Å². The molecular formula is C13H19ClF2N2OS. The van der Waals surface area contributed by atoms with Crippen LogP contribution in [0.15, 0.2) is 18.2 Å². The summed E-state index contributed by atoms with van der Waals surface area (Å²) in [5, 5.41) is 2.69. The van der Waals surface area contributed by atoms with Crippen molar-refractivity contribution >= 4 is 30.1 Å². The van der Waals surface area contributed by atoms with Crippen LogP contribution in [0.4, 0.5) is 8.78 Å². The Kier molecular flexibility index (Phi) is 8.76. The van der Waals surface area contributed by atoms with Crippen LogP contribution in [0.25, 0.3) is 0 Å². The third-order valence-electron chi connectivity index (χ3n) is 2.77. The number of hydrogen-bond acceptors (Lipinski definition) is 3. The molecule has 1 aromatic carbocycles. The topological polar surface area (TPSA) is 55.1 Å². The van der Waals surface area contributed by atoms with Gasteiger partial charge in [-0.05, 0) is 43.0 Å². The fraction of sp³-hybridized carbons (Fsp3) is 0.462. The molecule has 0 saturated heterocycles. The van der Waals surface area contributed by atoms with Crippen molar-refractivity contribution in [2.45, 2.75) is 25.4 Å². The molecule has 3 N–H and O–H groups in total. The SMILES string of the molecule is CSCC[C@H](N)C(=O)NC(C)c1ccc(F)c(F)c1.Cl. The van der Waals surface area contributed by atoms with E-state index in [1.165, 1.54) is 6.07 Å². The largest absolute Gasteiger partial charge is 0.348 e. The lowest BCUT2D eigenvalue weighted by atomic mass is 10.1. The first-order valence-electron chi connectivity index (χ1n) is 5.95. The van der Waals surface area contributed by atoms with Gasteiger partial charge in [0, 0.05) is 0 Å². The quantitative estimate of drug-likeness (QED) is 0.846. The molecule has 0 aliphatic rings. The van der Waals surface area contributed by atoms with Crippen LogP contribution in [0, 0.1) is 11.6 Å². The Balaban J connectivity index is 0.00000361. The van der Waals surface area contributed by atoms with Gasteiger partial charge >= 0.3 is 0 Å². The second-order valence-corrected chi connectivity index (χ2v) is 5.28. The maximum absolute atomic E-state index is 13.1. The molecule has 0 aliphatic heterocycles. The molecule has 2 atom stereocenters. The van der Waals surface area contributed by atoms with E-state index in [-0.39, 0.29) is 18.3 Å². The lowest BCUT2D eigenvalue weighted by molar-refractivity contribution is -0.123. The molecule has 0 aliphatic carbocycles. The van der Waals surface area contributed by atoms with Crippen molar-refractivity contribution in [1.82, 2.24) is 5.32 Å². The molecule has 0 aromatic heterocycles. The van der Waals surface area contributed by atoms with Crippen molar-refractivity contribution in [1.29, 1.82) is 0 Å². The predicted molar refractivity (Wildman–Crippen MR) is 81.1 cm³/mol. The van der Waals surface area contributed by atoms with Gasteiger partial charge in [0.2, 0.25) is 5.91 Å². The first-order valence-corrected chi connectivity index (χ1v) is 7.35. The maximum atomic E-state index is 13.1. The van der Waals surface area contributed by atoms with E-state index in [0.717, 1.165) is 17.9 Å². The van der Waals surface area contributed by atoms with E-state index in [2.05, 4.69) is 5.32 Å². The Morgan fingerprint density at radius 1 is 1.40 bits per heavy atom. The highest BCUT2D eigenvalue weighted by atomic mass is 35.5. The monoisotopic (exact) mass is 324 g/mol. The number of benzene rings is 1. The van der Waals surface area contributed by atoms with Crippen molar-refractivity contribution in [2.75, 3.05) is 12.0 Å². The summed E-state index contributed by atoms with van der Waals surface area (Å²) in [7, 11) is 0. The average Bonchev–Trinajstić information content (AvgIpc) is 2.38. The lowest BCUT2D eigenvalue weighted by Gasteiger charge is -2.17. The number of nitrogens with one attached hydrogen (secondary N) is 1. The Morgan fingerprint density at radius 3 is 2.60 bits per heavy atom. The standard InChI is InChI=1S/C13H18F2N2OS.ClH/c1-8(9-3-4-10(14)11(15)7-9)17-13(18)12(16)5-6-19-2;/h3-4,7-8,12H,5-6,16H2,1-2H3,(H,17,18);1H/t8?,12-;/m0./s1. The maximum Gasteiger partial charge on any atom is 0.237 e. The van der Waals surface area contributed by atoms with E-state index in [4.69, 9.17) is 5.73 Å². The van der Waals surface area contributed by atoms with Crippen molar-refractivity contribution in [2.24, 2.45) is 5.73 Å². The molecular weight excluding hydrogens is 306 g/mol. The molecule has 20 heavy (non-hydrogen) atoms. The normalized spacial score (nSPS) is 13.2. The van der Waals surface area contributed by atoms with Crippen LogP contribution in [0.2, 0.25) is 0 Å². The average molecular weight is 325 g/mol. The van der Waals surface area contributed by atoms with Gasteiger partial charge in [-0.25, -0.2) is 8.78 Å². The van der Waals surface area contributed by atoms with E-state index in [0.29, 0.717) is 12.0 Å². The Morgan fingerprint density at radius 2 is 2.05 bits per heavy atom. The van der Waals surface area contributed by atoms with Crippen LogP contribution >= 0.6 is 24.2 Å². The van der Waals surface area contributed by atoms with Crippen LogP contribution in [-0.4, -0.2) is 24.0 Å².